The summed E-state index contributed by atoms with van der Waals surface area (Å²) in [5, 5.41) is 0. The first-order valence-electron chi connectivity index (χ1n) is 5.08. The molecule has 0 fully saturated rings. The molecule has 0 radical (unpaired) electrons. The highest BCUT2D eigenvalue weighted by Gasteiger charge is 2.54. The number of rotatable bonds is 2. The van der Waals surface area contributed by atoms with Gasteiger partial charge in [-0.2, -0.15) is 0 Å². The summed E-state index contributed by atoms with van der Waals surface area (Å²) in [6.07, 6.45) is 5.75. The van der Waals surface area contributed by atoms with Crippen LogP contribution in [0.4, 0.5) is 0 Å². The zero-order valence-corrected chi connectivity index (χ0v) is 8.57. The van der Waals surface area contributed by atoms with Crippen molar-refractivity contribution in [2.45, 2.75) is 17.4 Å². The van der Waals surface area contributed by atoms with E-state index in [1.165, 1.54) is 0 Å². The van der Waals surface area contributed by atoms with Crippen molar-refractivity contribution in [2.75, 3.05) is 7.11 Å². The second-order valence-electron chi connectivity index (χ2n) is 4.31. The molecule has 2 nitrogen and oxygen atoms in total. The lowest BCUT2D eigenvalue weighted by atomic mass is 9.84. The van der Waals surface area contributed by atoms with E-state index < -0.39 is 5.41 Å². The fraction of sp³-hybridized carbons (Fsp3) is 0.308. The molecule has 15 heavy (non-hydrogen) atoms. The maximum absolute atomic E-state index is 11.3. The highest BCUT2D eigenvalue weighted by atomic mass is 16.5. The van der Waals surface area contributed by atoms with Crippen molar-refractivity contribution in [3.8, 4) is 0 Å². The van der Waals surface area contributed by atoms with Crippen molar-refractivity contribution in [3.05, 3.63) is 47.5 Å². The topological polar surface area (TPSA) is 26.3 Å². The minimum absolute atomic E-state index is 0.364. The average molecular weight is 200 g/mol. The minimum atomic E-state index is -0.438. The highest BCUT2D eigenvalue weighted by molar-refractivity contribution is 5.79. The van der Waals surface area contributed by atoms with E-state index >= 15 is 0 Å². The van der Waals surface area contributed by atoms with Gasteiger partial charge in [0.2, 0.25) is 0 Å². The largest absolute Gasteiger partial charge is 0.369 e. The van der Waals surface area contributed by atoms with Gasteiger partial charge in [0.05, 0.1) is 5.41 Å². The predicted octanol–water partition coefficient (Wildman–Crippen LogP) is 1.94. The molecule has 76 valence electrons. The van der Waals surface area contributed by atoms with Crippen LogP contribution in [0.5, 0.6) is 0 Å². The van der Waals surface area contributed by atoms with Gasteiger partial charge in [0.15, 0.2) is 0 Å². The molecule has 2 bridgehead atoms. The van der Waals surface area contributed by atoms with Gasteiger partial charge < -0.3 is 9.53 Å². The monoisotopic (exact) mass is 200 g/mol. The molecule has 2 aliphatic rings. The fourth-order valence-electron chi connectivity index (χ4n) is 2.86. The molecular weight excluding hydrogens is 188 g/mol. The van der Waals surface area contributed by atoms with Crippen molar-refractivity contribution in [2.24, 2.45) is 0 Å². The molecule has 1 aromatic rings. The van der Waals surface area contributed by atoms with E-state index in [0.29, 0.717) is 0 Å². The molecule has 2 atom stereocenters. The summed E-state index contributed by atoms with van der Waals surface area (Å²) in [6.45, 7) is 0. The van der Waals surface area contributed by atoms with Crippen molar-refractivity contribution < 1.29 is 9.53 Å². The Morgan fingerprint density at radius 2 is 2.00 bits per heavy atom. The van der Waals surface area contributed by atoms with Gasteiger partial charge in [-0.1, -0.05) is 36.4 Å². The molecule has 2 aliphatic carbocycles. The summed E-state index contributed by atoms with van der Waals surface area (Å²) in [5.41, 5.74) is 1.44. The maximum atomic E-state index is 11.3. The van der Waals surface area contributed by atoms with Crippen LogP contribution in [-0.2, 0) is 20.5 Å². The normalized spacial score (nSPS) is 35.5. The van der Waals surface area contributed by atoms with Crippen molar-refractivity contribution >= 4 is 6.29 Å². The first-order valence-corrected chi connectivity index (χ1v) is 5.08. The van der Waals surface area contributed by atoms with Gasteiger partial charge in [-0.25, -0.2) is 0 Å². The molecule has 0 aliphatic heterocycles. The number of hydrogen-bond donors (Lipinski definition) is 0. The van der Waals surface area contributed by atoms with Crippen molar-refractivity contribution in [3.63, 3.8) is 0 Å². The molecule has 0 N–H and O–H groups in total. The summed E-state index contributed by atoms with van der Waals surface area (Å²) in [6, 6.07) is 8.04. The molecule has 0 heterocycles. The van der Waals surface area contributed by atoms with Gasteiger partial charge in [-0.05, 0) is 11.1 Å². The number of fused-ring (bicyclic) bond motifs is 5. The standard InChI is InChI=1S/C13H12O2/c1-15-13-7-6-12(8-13,9-14)10-4-2-3-5-11(10)13/h2-7,9H,8H2,1H3. The summed E-state index contributed by atoms with van der Waals surface area (Å²) in [4.78, 5) is 11.3. The highest BCUT2D eigenvalue weighted by Crippen LogP contribution is 2.55. The van der Waals surface area contributed by atoms with E-state index in [1.807, 2.05) is 36.4 Å². The third-order valence-corrected chi connectivity index (χ3v) is 3.66. The number of benzene rings is 1. The van der Waals surface area contributed by atoms with E-state index in [2.05, 4.69) is 0 Å². The molecule has 0 saturated heterocycles. The Morgan fingerprint density at radius 3 is 2.67 bits per heavy atom. The Kier molecular flexibility index (Phi) is 1.53. The van der Waals surface area contributed by atoms with Crippen LogP contribution in [0.15, 0.2) is 36.4 Å². The van der Waals surface area contributed by atoms with Crippen LogP contribution in [0.2, 0.25) is 0 Å². The average Bonchev–Trinajstić information content (AvgIpc) is 2.83. The molecule has 1 aromatic carbocycles. The second-order valence-corrected chi connectivity index (χ2v) is 4.31. The first kappa shape index (κ1) is 8.86. The number of methoxy groups -OCH3 is 1. The van der Waals surface area contributed by atoms with Crippen molar-refractivity contribution in [1.82, 2.24) is 0 Å². The van der Waals surface area contributed by atoms with E-state index in [-0.39, 0.29) is 5.60 Å². The summed E-state index contributed by atoms with van der Waals surface area (Å²) in [5.74, 6) is 0. The zero-order valence-electron chi connectivity index (χ0n) is 8.57. The van der Waals surface area contributed by atoms with Gasteiger partial charge in [0.25, 0.3) is 0 Å². The Hall–Kier alpha value is -1.41. The number of carbonyl (C=O) groups is 1. The van der Waals surface area contributed by atoms with Crippen LogP contribution in [-0.4, -0.2) is 13.4 Å². The summed E-state index contributed by atoms with van der Waals surface area (Å²) < 4.78 is 5.60. The minimum Gasteiger partial charge on any atom is -0.369 e. The summed E-state index contributed by atoms with van der Waals surface area (Å²) >= 11 is 0. The lowest BCUT2D eigenvalue weighted by Gasteiger charge is -2.23. The van der Waals surface area contributed by atoms with Gasteiger partial charge in [-0.15, -0.1) is 0 Å². The Bertz CT molecular complexity index is 463. The molecule has 0 aromatic heterocycles. The zero-order chi connectivity index (χ0) is 10.5. The van der Waals surface area contributed by atoms with Crippen LogP contribution >= 0.6 is 0 Å². The van der Waals surface area contributed by atoms with Gasteiger partial charge in [-0.3, -0.25) is 0 Å². The predicted molar refractivity (Wildman–Crippen MR) is 56.6 cm³/mol. The molecular formula is C13H12O2. The molecule has 2 unspecified atom stereocenters. The third kappa shape index (κ3) is 0.857. The molecule has 0 spiro atoms. The van der Waals surface area contributed by atoms with Gasteiger partial charge in [0.1, 0.15) is 11.9 Å². The van der Waals surface area contributed by atoms with E-state index in [9.17, 15) is 4.79 Å². The van der Waals surface area contributed by atoms with E-state index in [1.54, 1.807) is 7.11 Å². The number of allylic oxidation sites excluding steroid dienone is 1. The van der Waals surface area contributed by atoms with Crippen LogP contribution in [0.3, 0.4) is 0 Å². The van der Waals surface area contributed by atoms with Crippen LogP contribution in [0.25, 0.3) is 0 Å². The maximum Gasteiger partial charge on any atom is 0.134 e. The Balaban J connectivity index is 2.30. The lowest BCUT2D eigenvalue weighted by Crippen LogP contribution is -2.22. The van der Waals surface area contributed by atoms with Crippen LogP contribution < -0.4 is 0 Å². The lowest BCUT2D eigenvalue weighted by molar-refractivity contribution is -0.111. The van der Waals surface area contributed by atoms with E-state index in [4.69, 9.17) is 4.74 Å². The second kappa shape index (κ2) is 2.58. The smallest absolute Gasteiger partial charge is 0.134 e. The number of hydrogen-bond acceptors (Lipinski definition) is 2. The first-order chi connectivity index (χ1) is 7.26. The van der Waals surface area contributed by atoms with E-state index in [0.717, 1.165) is 23.8 Å². The number of aldehydes is 1. The third-order valence-electron chi connectivity index (χ3n) is 3.66. The summed E-state index contributed by atoms with van der Waals surface area (Å²) in [7, 11) is 1.70. The Labute approximate surface area is 88.6 Å². The number of carbonyl (C=O) groups excluding carboxylic acids is 1. The van der Waals surface area contributed by atoms with Crippen molar-refractivity contribution in [1.29, 1.82) is 0 Å². The SMILES string of the molecule is COC12C=CC(C=O)(C1)c1ccccc12. The fourth-order valence-corrected chi connectivity index (χ4v) is 2.86. The molecule has 3 rings (SSSR count). The van der Waals surface area contributed by atoms with Crippen LogP contribution in [0.1, 0.15) is 17.5 Å². The van der Waals surface area contributed by atoms with Gasteiger partial charge in [0, 0.05) is 13.5 Å². The van der Waals surface area contributed by atoms with Gasteiger partial charge >= 0.3 is 0 Å². The molecule has 2 heteroatoms. The Morgan fingerprint density at radius 1 is 1.27 bits per heavy atom. The quantitative estimate of drug-likeness (QED) is 0.538. The number of ether oxygens (including phenoxy) is 1. The molecule has 0 amide bonds. The van der Waals surface area contributed by atoms with Crippen LogP contribution in [0, 0.1) is 0 Å². The molecule has 0 saturated carbocycles.